The number of hydrogen-bond acceptors (Lipinski definition) is 4. The summed E-state index contributed by atoms with van der Waals surface area (Å²) in [6, 6.07) is 2.59. The smallest absolute Gasteiger partial charge is 0.150 e. The molecule has 0 saturated heterocycles. The largest absolute Gasteiger partial charge is 0.378 e. The van der Waals surface area contributed by atoms with Gasteiger partial charge in [0.25, 0.3) is 0 Å². The molecule has 1 aromatic heterocycles. The van der Waals surface area contributed by atoms with Gasteiger partial charge in [0.2, 0.25) is 0 Å². The molecule has 2 fully saturated rings. The number of nitrogens with zero attached hydrogens (tertiary/aromatic N) is 1. The first-order valence-corrected chi connectivity index (χ1v) is 8.02. The summed E-state index contributed by atoms with van der Waals surface area (Å²) in [6.07, 6.45) is 8.30. The highest BCUT2D eigenvalue weighted by Gasteiger charge is 2.55. The number of aromatic nitrogens is 1. The van der Waals surface area contributed by atoms with Crippen molar-refractivity contribution >= 4 is 0 Å². The van der Waals surface area contributed by atoms with Crippen molar-refractivity contribution in [1.29, 1.82) is 0 Å². The van der Waals surface area contributed by atoms with Crippen LogP contribution in [0.25, 0.3) is 0 Å². The van der Waals surface area contributed by atoms with Gasteiger partial charge in [-0.3, -0.25) is 0 Å². The monoisotopic (exact) mass is 278 g/mol. The van der Waals surface area contributed by atoms with Crippen LogP contribution in [0.3, 0.4) is 0 Å². The molecule has 0 radical (unpaired) electrons. The molecule has 2 atom stereocenters. The van der Waals surface area contributed by atoms with Gasteiger partial charge in [-0.05, 0) is 33.1 Å². The molecule has 1 N–H and O–H groups in total. The van der Waals surface area contributed by atoms with Crippen molar-refractivity contribution in [3.8, 4) is 0 Å². The van der Waals surface area contributed by atoms with Gasteiger partial charge in [-0.15, -0.1) is 0 Å². The summed E-state index contributed by atoms with van der Waals surface area (Å²) in [6.45, 7) is 5.69. The fourth-order valence-corrected chi connectivity index (χ4v) is 4.07. The van der Waals surface area contributed by atoms with Gasteiger partial charge < -0.3 is 14.6 Å². The molecule has 0 aliphatic heterocycles. The van der Waals surface area contributed by atoms with Crippen LogP contribution < -0.4 is 5.32 Å². The van der Waals surface area contributed by atoms with Crippen molar-refractivity contribution in [3.05, 3.63) is 17.5 Å². The first kappa shape index (κ1) is 14.1. The quantitative estimate of drug-likeness (QED) is 0.898. The molecule has 2 unspecified atom stereocenters. The molecular weight excluding hydrogens is 252 g/mol. The van der Waals surface area contributed by atoms with Crippen LogP contribution in [0.4, 0.5) is 0 Å². The van der Waals surface area contributed by atoms with E-state index in [1.54, 1.807) is 0 Å². The van der Waals surface area contributed by atoms with Gasteiger partial charge in [0, 0.05) is 24.1 Å². The average molecular weight is 278 g/mol. The van der Waals surface area contributed by atoms with Crippen molar-refractivity contribution in [2.45, 2.75) is 71.1 Å². The fourth-order valence-electron chi connectivity index (χ4n) is 4.07. The maximum Gasteiger partial charge on any atom is 0.150 e. The normalized spacial score (nSPS) is 28.5. The summed E-state index contributed by atoms with van der Waals surface area (Å²) >= 11 is 0. The molecule has 0 aromatic carbocycles. The minimum Gasteiger partial charge on any atom is -0.378 e. The molecule has 1 spiro atoms. The zero-order valence-electron chi connectivity index (χ0n) is 12.7. The van der Waals surface area contributed by atoms with E-state index in [1.807, 2.05) is 13.0 Å². The summed E-state index contributed by atoms with van der Waals surface area (Å²) in [5.41, 5.74) is 1.33. The van der Waals surface area contributed by atoms with Crippen LogP contribution in [0.1, 0.15) is 56.9 Å². The van der Waals surface area contributed by atoms with Gasteiger partial charge in [-0.2, -0.15) is 0 Å². The highest BCUT2D eigenvalue weighted by atomic mass is 16.5. The molecule has 0 amide bonds. The van der Waals surface area contributed by atoms with Gasteiger partial charge in [-0.1, -0.05) is 24.4 Å². The van der Waals surface area contributed by atoms with Crippen LogP contribution in [-0.4, -0.2) is 23.9 Å². The highest BCUT2D eigenvalue weighted by Crippen LogP contribution is 2.53. The Morgan fingerprint density at radius 2 is 2.20 bits per heavy atom. The minimum absolute atomic E-state index is 0.378. The Balaban J connectivity index is 1.61. The third kappa shape index (κ3) is 2.51. The van der Waals surface area contributed by atoms with Crippen molar-refractivity contribution < 1.29 is 9.26 Å². The summed E-state index contributed by atoms with van der Waals surface area (Å²) < 4.78 is 11.3. The molecule has 2 aliphatic rings. The van der Waals surface area contributed by atoms with Crippen molar-refractivity contribution in [1.82, 2.24) is 10.5 Å². The molecule has 4 heteroatoms. The molecule has 4 nitrogen and oxygen atoms in total. The van der Waals surface area contributed by atoms with E-state index < -0.39 is 0 Å². The summed E-state index contributed by atoms with van der Waals surface area (Å²) in [5, 5.41) is 7.63. The van der Waals surface area contributed by atoms with E-state index in [9.17, 15) is 0 Å². The van der Waals surface area contributed by atoms with Crippen molar-refractivity contribution in [2.75, 3.05) is 6.61 Å². The lowest BCUT2D eigenvalue weighted by molar-refractivity contribution is -0.150. The average Bonchev–Trinajstić information content (AvgIpc) is 2.88. The van der Waals surface area contributed by atoms with Crippen LogP contribution >= 0.6 is 0 Å². The molecule has 1 heterocycles. The third-order valence-electron chi connectivity index (χ3n) is 5.14. The second-order valence-corrected chi connectivity index (χ2v) is 6.34. The van der Waals surface area contributed by atoms with Crippen LogP contribution in [0.2, 0.25) is 0 Å². The SMILES string of the molecule is CCOC1CC(NCc2cc(C)no2)C12CCCCC2. The molecular formula is C16H26N2O2. The van der Waals surface area contributed by atoms with E-state index in [4.69, 9.17) is 9.26 Å². The lowest BCUT2D eigenvalue weighted by atomic mass is 9.55. The van der Waals surface area contributed by atoms with E-state index in [-0.39, 0.29) is 0 Å². The summed E-state index contributed by atoms with van der Waals surface area (Å²) in [4.78, 5) is 0. The van der Waals surface area contributed by atoms with Crippen LogP contribution in [0.15, 0.2) is 10.6 Å². The number of ether oxygens (including phenoxy) is 1. The van der Waals surface area contributed by atoms with Gasteiger partial charge in [0.05, 0.1) is 18.3 Å². The van der Waals surface area contributed by atoms with Crippen molar-refractivity contribution in [3.63, 3.8) is 0 Å². The highest BCUT2D eigenvalue weighted by molar-refractivity contribution is 5.10. The molecule has 0 bridgehead atoms. The molecule has 20 heavy (non-hydrogen) atoms. The Labute approximate surface area is 121 Å². The Bertz CT molecular complexity index is 437. The summed E-state index contributed by atoms with van der Waals surface area (Å²) in [7, 11) is 0. The van der Waals surface area contributed by atoms with Gasteiger partial charge in [0.1, 0.15) is 0 Å². The van der Waals surface area contributed by atoms with Gasteiger partial charge in [0.15, 0.2) is 5.76 Å². The van der Waals surface area contributed by atoms with Gasteiger partial charge >= 0.3 is 0 Å². The second-order valence-electron chi connectivity index (χ2n) is 6.34. The predicted molar refractivity (Wildman–Crippen MR) is 77.4 cm³/mol. The Hall–Kier alpha value is -0.870. The zero-order chi connectivity index (χ0) is 14.0. The molecule has 3 rings (SSSR count). The maximum atomic E-state index is 5.98. The van der Waals surface area contributed by atoms with E-state index in [2.05, 4.69) is 17.4 Å². The number of hydrogen-bond donors (Lipinski definition) is 1. The Morgan fingerprint density at radius 3 is 2.85 bits per heavy atom. The molecule has 2 saturated carbocycles. The van der Waals surface area contributed by atoms with Crippen molar-refractivity contribution in [2.24, 2.45) is 5.41 Å². The lowest BCUT2D eigenvalue weighted by Gasteiger charge is -2.58. The Morgan fingerprint density at radius 1 is 1.40 bits per heavy atom. The Kier molecular flexibility index (Phi) is 4.13. The lowest BCUT2D eigenvalue weighted by Crippen LogP contribution is -2.64. The fraction of sp³-hybridized carbons (Fsp3) is 0.812. The van der Waals surface area contributed by atoms with E-state index >= 15 is 0 Å². The second kappa shape index (κ2) is 5.86. The van der Waals surface area contributed by atoms with E-state index in [0.717, 1.165) is 31.0 Å². The maximum absolute atomic E-state index is 5.98. The van der Waals surface area contributed by atoms with Crippen LogP contribution in [0, 0.1) is 12.3 Å². The first-order chi connectivity index (χ1) is 9.74. The van der Waals surface area contributed by atoms with E-state index in [0.29, 0.717) is 17.6 Å². The number of nitrogens with one attached hydrogen (secondary N) is 1. The predicted octanol–water partition coefficient (Wildman–Crippen LogP) is 3.20. The topological polar surface area (TPSA) is 47.3 Å². The van der Waals surface area contributed by atoms with Crippen LogP contribution in [-0.2, 0) is 11.3 Å². The number of aryl methyl sites for hydroxylation is 1. The molecule has 112 valence electrons. The van der Waals surface area contributed by atoms with Crippen LogP contribution in [0.5, 0.6) is 0 Å². The minimum atomic E-state index is 0.378. The van der Waals surface area contributed by atoms with E-state index in [1.165, 1.54) is 32.1 Å². The summed E-state index contributed by atoms with van der Waals surface area (Å²) in [5.74, 6) is 0.938. The zero-order valence-corrected chi connectivity index (χ0v) is 12.7. The number of rotatable bonds is 5. The third-order valence-corrected chi connectivity index (χ3v) is 5.14. The first-order valence-electron chi connectivity index (χ1n) is 8.02. The molecule has 2 aliphatic carbocycles. The molecule has 1 aromatic rings. The van der Waals surface area contributed by atoms with Gasteiger partial charge in [-0.25, -0.2) is 0 Å². The standard InChI is InChI=1S/C16H26N2O2/c1-3-19-15-10-14(16(15)7-5-4-6-8-16)17-11-13-9-12(2)18-20-13/h9,14-15,17H,3-8,10-11H2,1-2H3.